The van der Waals surface area contributed by atoms with E-state index in [1.54, 1.807) is 0 Å². The van der Waals surface area contributed by atoms with Gasteiger partial charge in [-0.15, -0.1) is 0 Å². The van der Waals surface area contributed by atoms with Crippen molar-refractivity contribution < 1.29 is 0 Å². The zero-order chi connectivity index (χ0) is 12.5. The van der Waals surface area contributed by atoms with Crippen molar-refractivity contribution >= 4 is 0 Å². The number of rotatable bonds is 3. The van der Waals surface area contributed by atoms with Crippen molar-refractivity contribution in [2.75, 3.05) is 33.7 Å². The van der Waals surface area contributed by atoms with Crippen LogP contribution >= 0.6 is 0 Å². The third kappa shape index (κ3) is 2.51. The van der Waals surface area contributed by atoms with Crippen LogP contribution in [0, 0.1) is 5.92 Å². The number of hydrogen-bond donors (Lipinski definition) is 1. The number of hydrogen-bond acceptors (Lipinski definition) is 3. The molecule has 3 unspecified atom stereocenters. The predicted octanol–water partition coefficient (Wildman–Crippen LogP) is 1.53. The maximum Gasteiger partial charge on any atom is 0.0470 e. The second-order valence-electron chi connectivity index (χ2n) is 6.36. The maximum absolute atomic E-state index is 6.12. The summed E-state index contributed by atoms with van der Waals surface area (Å²) in [7, 11) is 4.54. The Bertz CT molecular complexity index is 256. The highest BCUT2D eigenvalue weighted by molar-refractivity contribution is 5.01. The van der Waals surface area contributed by atoms with Crippen LogP contribution in [0.1, 0.15) is 39.0 Å². The quantitative estimate of drug-likeness (QED) is 0.811. The lowest BCUT2D eigenvalue weighted by atomic mass is 9.82. The molecule has 1 aliphatic carbocycles. The normalized spacial score (nSPS) is 40.1. The van der Waals surface area contributed by atoms with E-state index in [0.29, 0.717) is 0 Å². The first-order chi connectivity index (χ1) is 8.09. The summed E-state index contributed by atoms with van der Waals surface area (Å²) in [5.74, 6) is 0.836. The number of nitrogens with zero attached hydrogens (tertiary/aromatic N) is 2. The maximum atomic E-state index is 6.12. The van der Waals surface area contributed by atoms with Gasteiger partial charge in [-0.25, -0.2) is 0 Å². The van der Waals surface area contributed by atoms with Gasteiger partial charge in [-0.3, -0.25) is 4.90 Å². The Morgan fingerprint density at radius 2 is 2.06 bits per heavy atom. The summed E-state index contributed by atoms with van der Waals surface area (Å²) < 4.78 is 0. The predicted molar refractivity (Wildman–Crippen MR) is 73.1 cm³/mol. The number of nitrogens with two attached hydrogens (primary N) is 1. The fraction of sp³-hybridized carbons (Fsp3) is 1.00. The van der Waals surface area contributed by atoms with E-state index in [1.807, 2.05) is 0 Å². The summed E-state index contributed by atoms with van der Waals surface area (Å²) in [5, 5.41) is 0. The summed E-state index contributed by atoms with van der Waals surface area (Å²) in [4.78, 5) is 5.07. The molecule has 100 valence electrons. The van der Waals surface area contributed by atoms with Gasteiger partial charge in [-0.2, -0.15) is 0 Å². The minimum Gasteiger partial charge on any atom is -0.329 e. The molecule has 2 N–H and O–H groups in total. The highest BCUT2D eigenvalue weighted by Crippen LogP contribution is 2.34. The van der Waals surface area contributed by atoms with Gasteiger partial charge in [0.2, 0.25) is 0 Å². The van der Waals surface area contributed by atoms with Crippen molar-refractivity contribution in [1.82, 2.24) is 9.80 Å². The smallest absolute Gasteiger partial charge is 0.0470 e. The van der Waals surface area contributed by atoms with Crippen LogP contribution in [0.25, 0.3) is 0 Å². The first-order valence-corrected chi connectivity index (χ1v) is 7.20. The zero-order valence-electron chi connectivity index (χ0n) is 11.8. The Labute approximate surface area is 106 Å². The summed E-state index contributed by atoms with van der Waals surface area (Å²) in [6.45, 7) is 5.56. The molecule has 3 atom stereocenters. The van der Waals surface area contributed by atoms with Crippen LogP contribution < -0.4 is 5.73 Å². The SMILES string of the molecule is CC1CCCCC1N(C)C1(CN)CCN(C)C1. The van der Waals surface area contributed by atoms with Gasteiger partial charge in [0, 0.05) is 24.7 Å². The fourth-order valence-electron chi connectivity index (χ4n) is 3.88. The van der Waals surface area contributed by atoms with Crippen molar-refractivity contribution in [3.63, 3.8) is 0 Å². The molecule has 0 aromatic heterocycles. The average Bonchev–Trinajstić information content (AvgIpc) is 2.72. The minimum absolute atomic E-state index is 0.241. The Morgan fingerprint density at radius 3 is 2.59 bits per heavy atom. The first kappa shape index (κ1) is 13.3. The topological polar surface area (TPSA) is 32.5 Å². The minimum atomic E-state index is 0.241. The van der Waals surface area contributed by atoms with Crippen LogP contribution in [0.5, 0.6) is 0 Å². The molecule has 0 amide bonds. The van der Waals surface area contributed by atoms with E-state index in [4.69, 9.17) is 5.73 Å². The summed E-state index contributed by atoms with van der Waals surface area (Å²) in [5.41, 5.74) is 6.36. The van der Waals surface area contributed by atoms with E-state index in [0.717, 1.165) is 25.0 Å². The molecule has 0 spiro atoms. The Balaban J connectivity index is 2.08. The Morgan fingerprint density at radius 1 is 1.35 bits per heavy atom. The second kappa shape index (κ2) is 5.25. The molecule has 17 heavy (non-hydrogen) atoms. The lowest BCUT2D eigenvalue weighted by Gasteiger charge is -2.46. The van der Waals surface area contributed by atoms with Gasteiger partial charge in [0.15, 0.2) is 0 Å². The number of likely N-dealkylation sites (tertiary alicyclic amines) is 1. The van der Waals surface area contributed by atoms with E-state index in [1.165, 1.54) is 38.6 Å². The molecule has 1 saturated heterocycles. The van der Waals surface area contributed by atoms with Crippen molar-refractivity contribution in [3.05, 3.63) is 0 Å². The molecule has 3 nitrogen and oxygen atoms in total. The second-order valence-corrected chi connectivity index (χ2v) is 6.36. The van der Waals surface area contributed by atoms with Crippen molar-refractivity contribution in [2.24, 2.45) is 11.7 Å². The molecular formula is C14H29N3. The van der Waals surface area contributed by atoms with E-state index in [2.05, 4.69) is 30.8 Å². The molecule has 0 aromatic rings. The summed E-state index contributed by atoms with van der Waals surface area (Å²) in [6, 6.07) is 0.749. The number of likely N-dealkylation sites (N-methyl/N-ethyl adjacent to an activating group) is 2. The molecule has 3 heteroatoms. The van der Waals surface area contributed by atoms with Crippen LogP contribution in [-0.2, 0) is 0 Å². The van der Waals surface area contributed by atoms with Crippen LogP contribution in [0.4, 0.5) is 0 Å². The van der Waals surface area contributed by atoms with Crippen LogP contribution in [0.15, 0.2) is 0 Å². The molecule has 1 saturated carbocycles. The Hall–Kier alpha value is -0.120. The highest BCUT2D eigenvalue weighted by atomic mass is 15.3. The van der Waals surface area contributed by atoms with E-state index in [-0.39, 0.29) is 5.54 Å². The van der Waals surface area contributed by atoms with Crippen LogP contribution in [-0.4, -0.2) is 55.1 Å². The standard InChI is InChI=1S/C14H29N3/c1-12-6-4-5-7-13(12)17(3)14(10-15)8-9-16(2)11-14/h12-13H,4-11,15H2,1-3H3. The summed E-state index contributed by atoms with van der Waals surface area (Å²) in [6.07, 6.45) is 6.81. The van der Waals surface area contributed by atoms with Gasteiger partial charge >= 0.3 is 0 Å². The summed E-state index contributed by atoms with van der Waals surface area (Å²) >= 11 is 0. The largest absolute Gasteiger partial charge is 0.329 e. The van der Waals surface area contributed by atoms with Gasteiger partial charge in [-0.05, 0) is 45.8 Å². The molecule has 0 bridgehead atoms. The van der Waals surface area contributed by atoms with Crippen LogP contribution in [0.3, 0.4) is 0 Å². The monoisotopic (exact) mass is 239 g/mol. The fourth-order valence-corrected chi connectivity index (χ4v) is 3.88. The molecule has 1 heterocycles. The third-order valence-corrected chi connectivity index (χ3v) is 5.21. The molecule has 0 aromatic carbocycles. The lowest BCUT2D eigenvalue weighted by Crippen LogP contribution is -2.59. The molecule has 1 aliphatic heterocycles. The lowest BCUT2D eigenvalue weighted by molar-refractivity contribution is 0.0376. The third-order valence-electron chi connectivity index (χ3n) is 5.21. The van der Waals surface area contributed by atoms with E-state index < -0.39 is 0 Å². The van der Waals surface area contributed by atoms with Gasteiger partial charge in [0.05, 0.1) is 0 Å². The first-order valence-electron chi connectivity index (χ1n) is 7.20. The van der Waals surface area contributed by atoms with Gasteiger partial charge in [0.25, 0.3) is 0 Å². The zero-order valence-corrected chi connectivity index (χ0v) is 11.8. The molecule has 0 radical (unpaired) electrons. The van der Waals surface area contributed by atoms with Gasteiger partial charge < -0.3 is 10.6 Å². The van der Waals surface area contributed by atoms with Crippen molar-refractivity contribution in [3.8, 4) is 0 Å². The van der Waals surface area contributed by atoms with E-state index >= 15 is 0 Å². The van der Waals surface area contributed by atoms with Crippen LogP contribution in [0.2, 0.25) is 0 Å². The van der Waals surface area contributed by atoms with Crippen molar-refractivity contribution in [2.45, 2.75) is 50.6 Å². The van der Waals surface area contributed by atoms with Crippen molar-refractivity contribution in [1.29, 1.82) is 0 Å². The highest BCUT2D eigenvalue weighted by Gasteiger charge is 2.43. The van der Waals surface area contributed by atoms with Gasteiger partial charge in [0.1, 0.15) is 0 Å². The van der Waals surface area contributed by atoms with E-state index in [9.17, 15) is 0 Å². The molecular weight excluding hydrogens is 210 g/mol. The average molecular weight is 239 g/mol. The molecule has 2 rings (SSSR count). The van der Waals surface area contributed by atoms with Gasteiger partial charge in [-0.1, -0.05) is 19.8 Å². The Kier molecular flexibility index (Phi) is 4.11. The molecule has 2 fully saturated rings. The molecule has 2 aliphatic rings.